The molecule has 0 unspecified atom stereocenters. The second-order valence-corrected chi connectivity index (χ2v) is 7.27. The molecule has 3 rings (SSSR count). The van der Waals surface area contributed by atoms with E-state index in [1.54, 1.807) is 19.2 Å². The van der Waals surface area contributed by atoms with Crippen LogP contribution >= 0.6 is 24.0 Å². The summed E-state index contributed by atoms with van der Waals surface area (Å²) in [5.41, 5.74) is 4.75. The van der Waals surface area contributed by atoms with E-state index < -0.39 is 0 Å². The van der Waals surface area contributed by atoms with Gasteiger partial charge in [0.05, 0.1) is 5.69 Å². The molecule has 2 aromatic rings. The van der Waals surface area contributed by atoms with Crippen LogP contribution in [0.5, 0.6) is 0 Å². The molecule has 1 saturated carbocycles. The van der Waals surface area contributed by atoms with Gasteiger partial charge in [-0.25, -0.2) is 4.39 Å². The number of benzene rings is 1. The zero-order valence-electron chi connectivity index (χ0n) is 17.2. The third kappa shape index (κ3) is 4.85. The van der Waals surface area contributed by atoms with Gasteiger partial charge in [-0.3, -0.25) is 9.67 Å². The van der Waals surface area contributed by atoms with Crippen molar-refractivity contribution >= 4 is 29.9 Å². The number of aryl methyl sites for hydroxylation is 2. The molecule has 0 radical (unpaired) electrons. The van der Waals surface area contributed by atoms with Crippen molar-refractivity contribution in [1.29, 1.82) is 0 Å². The monoisotopic (exact) mass is 499 g/mol. The lowest BCUT2D eigenvalue weighted by Crippen LogP contribution is -2.41. The largest absolute Gasteiger partial charge is 0.356 e. The summed E-state index contributed by atoms with van der Waals surface area (Å²) in [6, 6.07) is 6.96. The lowest BCUT2D eigenvalue weighted by molar-refractivity contribution is 0.607. The fraction of sp³-hybridized carbons (Fsp3) is 0.524. The lowest BCUT2D eigenvalue weighted by Gasteiger charge is -2.19. The summed E-state index contributed by atoms with van der Waals surface area (Å²) in [6.45, 7) is 5.74. The summed E-state index contributed by atoms with van der Waals surface area (Å²) in [7, 11) is 3.78. The van der Waals surface area contributed by atoms with Crippen molar-refractivity contribution < 1.29 is 4.39 Å². The highest BCUT2D eigenvalue weighted by Gasteiger charge is 2.44. The van der Waals surface area contributed by atoms with Gasteiger partial charge in [-0.15, -0.1) is 24.0 Å². The van der Waals surface area contributed by atoms with Crippen molar-refractivity contribution in [2.45, 2.75) is 51.5 Å². The summed E-state index contributed by atoms with van der Waals surface area (Å²) in [6.07, 6.45) is 4.01. The predicted octanol–water partition coefficient (Wildman–Crippen LogP) is 3.70. The van der Waals surface area contributed by atoms with Gasteiger partial charge in [0.2, 0.25) is 0 Å². The van der Waals surface area contributed by atoms with Crippen LogP contribution < -0.4 is 10.6 Å². The molecule has 154 valence electrons. The fourth-order valence-electron chi connectivity index (χ4n) is 3.78. The van der Waals surface area contributed by atoms with Crippen LogP contribution in [0.25, 0.3) is 0 Å². The standard InChI is InChI=1S/C21H30FN5.HI/c1-5-18-17(19(6-2)27(4)26-18)13-24-20(23-3)25-14-21(10-11-21)15-8-7-9-16(22)12-15;/h7-9,12H,5-6,10-11,13-14H2,1-4H3,(H2,23,24,25);1H. The van der Waals surface area contributed by atoms with Crippen LogP contribution in [0, 0.1) is 5.82 Å². The van der Waals surface area contributed by atoms with E-state index in [-0.39, 0.29) is 35.2 Å². The van der Waals surface area contributed by atoms with E-state index in [9.17, 15) is 4.39 Å². The Balaban J connectivity index is 0.00000280. The third-order valence-electron chi connectivity index (χ3n) is 5.57. The van der Waals surface area contributed by atoms with Crippen molar-refractivity contribution in [1.82, 2.24) is 20.4 Å². The van der Waals surface area contributed by atoms with Crippen LogP contribution in [0.1, 0.15) is 49.2 Å². The first-order valence-corrected chi connectivity index (χ1v) is 9.77. The second-order valence-electron chi connectivity index (χ2n) is 7.27. The molecule has 0 saturated heterocycles. The molecular formula is C21H31FIN5. The first-order valence-electron chi connectivity index (χ1n) is 9.77. The normalized spacial score (nSPS) is 15.1. The number of hydrogen-bond donors (Lipinski definition) is 2. The Morgan fingerprint density at radius 2 is 2.00 bits per heavy atom. The minimum Gasteiger partial charge on any atom is -0.356 e. The second kappa shape index (κ2) is 9.71. The number of nitrogens with zero attached hydrogens (tertiary/aromatic N) is 3. The van der Waals surface area contributed by atoms with E-state index in [0.717, 1.165) is 49.4 Å². The van der Waals surface area contributed by atoms with Gasteiger partial charge in [-0.05, 0) is 43.4 Å². The predicted molar refractivity (Wildman–Crippen MR) is 123 cm³/mol. The number of aliphatic imine (C=N–C) groups is 1. The summed E-state index contributed by atoms with van der Waals surface area (Å²) in [5.74, 6) is 0.600. The van der Waals surface area contributed by atoms with E-state index in [0.29, 0.717) is 6.54 Å². The molecule has 28 heavy (non-hydrogen) atoms. The number of nitrogens with one attached hydrogen (secondary N) is 2. The van der Waals surface area contributed by atoms with Crippen molar-refractivity contribution in [3.8, 4) is 0 Å². The molecule has 0 aliphatic heterocycles. The fourth-order valence-corrected chi connectivity index (χ4v) is 3.78. The molecule has 0 atom stereocenters. The van der Waals surface area contributed by atoms with Crippen LogP contribution in [0.3, 0.4) is 0 Å². The molecular weight excluding hydrogens is 468 g/mol. The van der Waals surface area contributed by atoms with Gasteiger partial charge < -0.3 is 10.6 Å². The van der Waals surface area contributed by atoms with Crippen molar-refractivity contribution in [2.24, 2.45) is 12.0 Å². The van der Waals surface area contributed by atoms with Crippen LogP contribution in [0.2, 0.25) is 0 Å². The molecule has 1 aliphatic rings. The van der Waals surface area contributed by atoms with E-state index in [4.69, 9.17) is 0 Å². The number of halogens is 2. The molecule has 1 aromatic heterocycles. The molecule has 0 amide bonds. The SMILES string of the molecule is CCc1nn(C)c(CC)c1CNC(=NC)NCC1(c2cccc(F)c2)CC1.I. The van der Waals surface area contributed by atoms with Crippen molar-refractivity contribution in [3.63, 3.8) is 0 Å². The van der Waals surface area contributed by atoms with Gasteiger partial charge in [0.1, 0.15) is 5.82 Å². The average Bonchev–Trinajstić information content (AvgIpc) is 3.40. The summed E-state index contributed by atoms with van der Waals surface area (Å²) in [5, 5.41) is 11.5. The van der Waals surface area contributed by atoms with Crippen LogP contribution in [-0.2, 0) is 31.8 Å². The Labute approximate surface area is 184 Å². The molecule has 1 aliphatic carbocycles. The number of guanidine groups is 1. The Morgan fingerprint density at radius 1 is 1.25 bits per heavy atom. The molecule has 1 fully saturated rings. The Hall–Kier alpha value is -1.64. The first-order chi connectivity index (χ1) is 13.0. The smallest absolute Gasteiger partial charge is 0.191 e. The van der Waals surface area contributed by atoms with Gasteiger partial charge >= 0.3 is 0 Å². The van der Waals surface area contributed by atoms with Gasteiger partial charge in [-0.2, -0.15) is 5.10 Å². The maximum absolute atomic E-state index is 13.6. The molecule has 0 bridgehead atoms. The van der Waals surface area contributed by atoms with Gasteiger partial charge in [-0.1, -0.05) is 26.0 Å². The zero-order chi connectivity index (χ0) is 19.4. The summed E-state index contributed by atoms with van der Waals surface area (Å²) < 4.78 is 15.6. The van der Waals surface area contributed by atoms with Crippen LogP contribution in [0.15, 0.2) is 29.3 Å². The van der Waals surface area contributed by atoms with E-state index >= 15 is 0 Å². The van der Waals surface area contributed by atoms with Gasteiger partial charge in [0.25, 0.3) is 0 Å². The molecule has 0 spiro atoms. The van der Waals surface area contributed by atoms with Gasteiger partial charge in [0, 0.05) is 43.9 Å². The molecule has 1 aromatic carbocycles. The minimum absolute atomic E-state index is 0. The minimum atomic E-state index is -0.169. The third-order valence-corrected chi connectivity index (χ3v) is 5.57. The molecule has 5 nitrogen and oxygen atoms in total. The van der Waals surface area contributed by atoms with E-state index in [1.165, 1.54) is 17.3 Å². The van der Waals surface area contributed by atoms with E-state index in [1.807, 2.05) is 17.8 Å². The first kappa shape index (κ1) is 22.6. The molecule has 2 N–H and O–H groups in total. The van der Waals surface area contributed by atoms with Crippen molar-refractivity contribution in [2.75, 3.05) is 13.6 Å². The molecule has 1 heterocycles. The van der Waals surface area contributed by atoms with E-state index in [2.05, 4.69) is 34.6 Å². The number of rotatable bonds is 7. The lowest BCUT2D eigenvalue weighted by atomic mass is 9.96. The van der Waals surface area contributed by atoms with Gasteiger partial charge in [0.15, 0.2) is 5.96 Å². The van der Waals surface area contributed by atoms with Crippen LogP contribution in [0.4, 0.5) is 4.39 Å². The van der Waals surface area contributed by atoms with Crippen molar-refractivity contribution in [3.05, 3.63) is 52.6 Å². The number of aromatic nitrogens is 2. The highest BCUT2D eigenvalue weighted by atomic mass is 127. The zero-order valence-corrected chi connectivity index (χ0v) is 19.5. The maximum atomic E-state index is 13.6. The number of hydrogen-bond acceptors (Lipinski definition) is 2. The summed E-state index contributed by atoms with van der Waals surface area (Å²) >= 11 is 0. The Kier molecular flexibility index (Phi) is 7.86. The topological polar surface area (TPSA) is 54.2 Å². The Morgan fingerprint density at radius 3 is 2.57 bits per heavy atom. The maximum Gasteiger partial charge on any atom is 0.191 e. The highest BCUT2D eigenvalue weighted by molar-refractivity contribution is 14.0. The average molecular weight is 499 g/mol. The molecule has 7 heteroatoms. The quantitative estimate of drug-likeness (QED) is 0.347. The highest BCUT2D eigenvalue weighted by Crippen LogP contribution is 2.47. The Bertz CT molecular complexity index is 826. The summed E-state index contributed by atoms with van der Waals surface area (Å²) in [4.78, 5) is 4.36. The van der Waals surface area contributed by atoms with Crippen LogP contribution in [-0.4, -0.2) is 29.3 Å².